The number of nitro benzene ring substituents is 1. The van der Waals surface area contributed by atoms with Gasteiger partial charge < -0.3 is 15.0 Å². The molecule has 0 spiro atoms. The third kappa shape index (κ3) is 5.83. The summed E-state index contributed by atoms with van der Waals surface area (Å²) in [5.41, 5.74) is -0.641. The minimum absolute atomic E-state index is 0.129. The van der Waals surface area contributed by atoms with Crippen LogP contribution in [-0.4, -0.2) is 60.1 Å². The Balaban J connectivity index is 1.33. The molecule has 1 amide bonds. The van der Waals surface area contributed by atoms with Crippen molar-refractivity contribution in [2.24, 2.45) is 5.92 Å². The Morgan fingerprint density at radius 3 is 2.59 bits per heavy atom. The predicted octanol–water partition coefficient (Wildman–Crippen LogP) is 3.76. The molecule has 2 fully saturated rings. The van der Waals surface area contributed by atoms with E-state index in [9.17, 15) is 28.1 Å². The number of halogens is 3. The monoisotopic (exact) mass is 499 g/mol. The topological polar surface area (TPSA) is 101 Å². The van der Waals surface area contributed by atoms with Gasteiger partial charge >= 0.3 is 6.18 Å². The van der Waals surface area contributed by atoms with E-state index < -0.39 is 22.4 Å². The summed E-state index contributed by atoms with van der Waals surface area (Å²) in [6.07, 6.45) is -3.81. The van der Waals surface area contributed by atoms with Crippen LogP contribution < -0.4 is 10.2 Å². The third-order valence-electron chi connectivity index (χ3n) is 5.98. The average Bonchev–Trinajstić information content (AvgIpc) is 3.25. The van der Waals surface area contributed by atoms with Gasteiger partial charge in [0.15, 0.2) is 5.13 Å². The molecule has 2 aromatic rings. The molecule has 34 heavy (non-hydrogen) atoms. The number of hydrogen-bond acceptors (Lipinski definition) is 8. The number of hydrogen-bond donors (Lipinski definition) is 1. The molecule has 0 atom stereocenters. The van der Waals surface area contributed by atoms with Crippen molar-refractivity contribution in [1.29, 1.82) is 0 Å². The van der Waals surface area contributed by atoms with E-state index in [2.05, 4.69) is 15.2 Å². The van der Waals surface area contributed by atoms with Crippen LogP contribution in [0.1, 0.15) is 24.1 Å². The Kier molecular flexibility index (Phi) is 7.33. The van der Waals surface area contributed by atoms with Gasteiger partial charge in [0.05, 0.1) is 29.4 Å². The molecule has 2 saturated heterocycles. The largest absolute Gasteiger partial charge is 0.416 e. The van der Waals surface area contributed by atoms with Gasteiger partial charge in [-0.25, -0.2) is 4.98 Å². The summed E-state index contributed by atoms with van der Waals surface area (Å²) in [5, 5.41) is 16.7. The molecule has 4 rings (SSSR count). The van der Waals surface area contributed by atoms with E-state index in [0.717, 1.165) is 30.9 Å². The van der Waals surface area contributed by atoms with E-state index in [1.165, 1.54) is 11.3 Å². The maximum absolute atomic E-state index is 13.0. The second-order valence-electron chi connectivity index (χ2n) is 8.24. The van der Waals surface area contributed by atoms with Gasteiger partial charge in [-0.1, -0.05) is 0 Å². The number of ether oxygens (including phenoxy) is 1. The molecule has 9 nitrogen and oxygen atoms in total. The number of rotatable bonds is 6. The highest BCUT2D eigenvalue weighted by Crippen LogP contribution is 2.37. The molecule has 0 radical (unpaired) electrons. The second-order valence-corrected chi connectivity index (χ2v) is 9.10. The van der Waals surface area contributed by atoms with E-state index in [4.69, 9.17) is 4.74 Å². The number of thiazole rings is 1. The zero-order valence-corrected chi connectivity index (χ0v) is 19.0. The molecule has 2 aliphatic heterocycles. The lowest BCUT2D eigenvalue weighted by molar-refractivity contribution is -0.384. The fourth-order valence-corrected chi connectivity index (χ4v) is 4.83. The summed E-state index contributed by atoms with van der Waals surface area (Å²) in [6, 6.07) is 2.54. The van der Waals surface area contributed by atoms with Gasteiger partial charge in [-0.15, -0.1) is 11.3 Å². The van der Waals surface area contributed by atoms with Crippen LogP contribution in [0.15, 0.2) is 23.6 Å². The van der Waals surface area contributed by atoms with Crippen molar-refractivity contribution in [3.8, 4) is 0 Å². The normalized spacial score (nSPS) is 18.1. The molecule has 2 aliphatic rings. The summed E-state index contributed by atoms with van der Waals surface area (Å²) in [4.78, 5) is 31.7. The molecule has 0 unspecified atom stereocenters. The minimum Gasteiger partial charge on any atom is -0.379 e. The van der Waals surface area contributed by atoms with Gasteiger partial charge in [0, 0.05) is 50.1 Å². The first-order valence-electron chi connectivity index (χ1n) is 10.9. The van der Waals surface area contributed by atoms with Crippen LogP contribution in [0.25, 0.3) is 0 Å². The molecule has 0 saturated carbocycles. The molecule has 3 heterocycles. The number of carbonyl (C=O) groups is 1. The van der Waals surface area contributed by atoms with Crippen molar-refractivity contribution in [1.82, 2.24) is 9.88 Å². The number of amides is 1. The fraction of sp³-hybridized carbons (Fsp3) is 0.524. The van der Waals surface area contributed by atoms with Gasteiger partial charge in [-0.2, -0.15) is 13.2 Å². The number of nitro groups is 1. The third-order valence-corrected chi connectivity index (χ3v) is 6.78. The number of alkyl halides is 3. The number of morpholine rings is 1. The van der Waals surface area contributed by atoms with E-state index in [-0.39, 0.29) is 17.5 Å². The van der Waals surface area contributed by atoms with Gasteiger partial charge in [-0.3, -0.25) is 19.8 Å². The van der Waals surface area contributed by atoms with E-state index >= 15 is 0 Å². The first-order valence-corrected chi connectivity index (χ1v) is 11.7. The molecule has 1 aromatic heterocycles. The van der Waals surface area contributed by atoms with Crippen LogP contribution in [0.5, 0.6) is 0 Å². The number of benzene rings is 1. The average molecular weight is 500 g/mol. The number of nitrogens with one attached hydrogen (secondary N) is 1. The van der Waals surface area contributed by atoms with Crippen LogP contribution >= 0.6 is 11.3 Å². The highest BCUT2D eigenvalue weighted by atomic mass is 32.1. The fourth-order valence-electron chi connectivity index (χ4n) is 4.13. The maximum Gasteiger partial charge on any atom is 0.416 e. The van der Waals surface area contributed by atoms with Crippen LogP contribution in [0, 0.1) is 16.0 Å². The van der Waals surface area contributed by atoms with Crippen molar-refractivity contribution in [2.75, 3.05) is 49.6 Å². The van der Waals surface area contributed by atoms with E-state index in [1.54, 1.807) is 4.90 Å². The van der Waals surface area contributed by atoms with Crippen LogP contribution in [0.4, 0.5) is 29.7 Å². The number of carbonyl (C=O) groups excluding carboxylic acids is 1. The number of piperidine rings is 1. The van der Waals surface area contributed by atoms with Crippen LogP contribution in [0.3, 0.4) is 0 Å². The lowest BCUT2D eigenvalue weighted by atomic mass is 9.95. The zero-order chi connectivity index (χ0) is 24.3. The van der Waals surface area contributed by atoms with Crippen LogP contribution in [-0.2, 0) is 22.3 Å². The first kappa shape index (κ1) is 24.4. The highest BCUT2D eigenvalue weighted by molar-refractivity contribution is 7.13. The maximum atomic E-state index is 13.0. The molecule has 184 valence electrons. The van der Waals surface area contributed by atoms with Gasteiger partial charge in [0.1, 0.15) is 5.69 Å². The predicted molar refractivity (Wildman–Crippen MR) is 120 cm³/mol. The van der Waals surface area contributed by atoms with E-state index in [0.29, 0.717) is 56.9 Å². The standard InChI is InChI=1S/C21H24F3N5O4S/c22-21(23,24)15-1-2-17(18(11-15)29(31)32)28-5-3-14(4-6-28)19(30)26-20-25-16(13-34-20)12-27-7-9-33-10-8-27/h1-2,11,13-14H,3-10,12H2,(H,25,26,30). The molecular weight excluding hydrogens is 475 g/mol. The Morgan fingerprint density at radius 1 is 1.24 bits per heavy atom. The second kappa shape index (κ2) is 10.2. The zero-order valence-electron chi connectivity index (χ0n) is 18.2. The highest BCUT2D eigenvalue weighted by Gasteiger charge is 2.35. The Labute approximate surface area is 197 Å². The quantitative estimate of drug-likeness (QED) is 0.477. The van der Waals surface area contributed by atoms with Gasteiger partial charge in [-0.05, 0) is 25.0 Å². The Hall–Kier alpha value is -2.77. The van der Waals surface area contributed by atoms with Gasteiger partial charge in [0.2, 0.25) is 5.91 Å². The molecular formula is C21H24F3N5O4S. The molecule has 0 aliphatic carbocycles. The number of aromatic nitrogens is 1. The lowest BCUT2D eigenvalue weighted by Gasteiger charge is -2.32. The smallest absolute Gasteiger partial charge is 0.379 e. The van der Waals surface area contributed by atoms with Crippen LogP contribution in [0.2, 0.25) is 0 Å². The minimum atomic E-state index is -4.66. The first-order chi connectivity index (χ1) is 16.2. The molecule has 1 aromatic carbocycles. The molecule has 0 bridgehead atoms. The van der Waals surface area contributed by atoms with Crippen molar-refractivity contribution in [3.63, 3.8) is 0 Å². The SMILES string of the molecule is O=C(Nc1nc(CN2CCOCC2)cs1)C1CCN(c2ccc(C(F)(F)F)cc2[N+](=O)[O-])CC1. The summed E-state index contributed by atoms with van der Waals surface area (Å²) in [5.74, 6) is -0.481. The molecule has 13 heteroatoms. The molecule has 1 N–H and O–H groups in total. The number of nitrogens with zero attached hydrogens (tertiary/aromatic N) is 4. The van der Waals surface area contributed by atoms with Crippen molar-refractivity contribution in [3.05, 3.63) is 45.0 Å². The lowest BCUT2D eigenvalue weighted by Crippen LogP contribution is -2.38. The van der Waals surface area contributed by atoms with Crippen molar-refractivity contribution < 1.29 is 27.6 Å². The number of anilines is 2. The van der Waals surface area contributed by atoms with Crippen molar-refractivity contribution in [2.45, 2.75) is 25.6 Å². The Bertz CT molecular complexity index is 1030. The van der Waals surface area contributed by atoms with Crippen molar-refractivity contribution >= 4 is 33.8 Å². The van der Waals surface area contributed by atoms with Gasteiger partial charge in [0.25, 0.3) is 5.69 Å². The Morgan fingerprint density at radius 2 is 1.94 bits per heavy atom. The summed E-state index contributed by atoms with van der Waals surface area (Å²) < 4.78 is 44.2. The summed E-state index contributed by atoms with van der Waals surface area (Å²) in [7, 11) is 0. The van der Waals surface area contributed by atoms with E-state index in [1.807, 2.05) is 5.38 Å². The summed E-state index contributed by atoms with van der Waals surface area (Å²) in [6.45, 7) is 4.42. The summed E-state index contributed by atoms with van der Waals surface area (Å²) >= 11 is 1.36.